The Morgan fingerprint density at radius 3 is 2.44 bits per heavy atom. The molecule has 0 N–H and O–H groups in total. The van der Waals surface area contributed by atoms with Crippen LogP contribution in [-0.2, 0) is 6.42 Å². The van der Waals surface area contributed by atoms with Crippen molar-refractivity contribution in [2.24, 2.45) is 5.41 Å². The van der Waals surface area contributed by atoms with Gasteiger partial charge in [0.1, 0.15) is 12.3 Å². The predicted molar refractivity (Wildman–Crippen MR) is 176 cm³/mol. The van der Waals surface area contributed by atoms with Crippen molar-refractivity contribution in [2.45, 2.75) is 64.0 Å². The molecule has 206 valence electrons. The number of aromatic nitrogens is 1. The van der Waals surface area contributed by atoms with Crippen molar-refractivity contribution in [1.29, 1.82) is 0 Å². The molecule has 41 heavy (non-hydrogen) atoms. The molecule has 0 saturated carbocycles. The summed E-state index contributed by atoms with van der Waals surface area (Å²) in [4.78, 5) is 1.40. The Kier molecular flexibility index (Phi) is 6.10. The zero-order valence-corrected chi connectivity index (χ0v) is 26.1. The molecular weight excluding hydrogens is 516 g/mol. The quantitative estimate of drug-likeness (QED) is 0.201. The van der Waals surface area contributed by atoms with Gasteiger partial charge in [0.15, 0.2) is 6.20 Å². The van der Waals surface area contributed by atoms with E-state index in [0.29, 0.717) is 11.2 Å². The highest BCUT2D eigenvalue weighted by molar-refractivity contribution is 8.01. The van der Waals surface area contributed by atoms with E-state index in [0.717, 1.165) is 6.42 Å². The molecule has 7 rings (SSSR count). The van der Waals surface area contributed by atoms with E-state index < -0.39 is 0 Å². The minimum Gasteiger partial charge on any atom is -0.309 e. The Bertz CT molecular complexity index is 1930. The molecule has 0 aliphatic carbocycles. The molecule has 1 aromatic heterocycles. The first-order chi connectivity index (χ1) is 19.6. The summed E-state index contributed by atoms with van der Waals surface area (Å²) in [5, 5.41) is 3.04. The molecule has 2 aliphatic rings. The highest BCUT2D eigenvalue weighted by atomic mass is 32.2. The Labute approximate surface area is 248 Å². The van der Waals surface area contributed by atoms with Crippen molar-refractivity contribution in [3.63, 3.8) is 0 Å². The molecule has 0 amide bonds. The molecule has 2 nitrogen and oxygen atoms in total. The fraction of sp³-hybridized carbons (Fsp3) is 0.289. The molecule has 0 radical (unpaired) electrons. The van der Waals surface area contributed by atoms with Gasteiger partial charge in [-0.05, 0) is 97.3 Å². The zero-order chi connectivity index (χ0) is 28.6. The van der Waals surface area contributed by atoms with Crippen molar-refractivity contribution in [3.05, 3.63) is 118 Å². The van der Waals surface area contributed by atoms with Crippen molar-refractivity contribution in [2.75, 3.05) is 7.05 Å². The van der Waals surface area contributed by atoms with Crippen LogP contribution in [0.1, 0.15) is 60.1 Å². The lowest BCUT2D eigenvalue weighted by atomic mass is 9.86. The van der Waals surface area contributed by atoms with Crippen molar-refractivity contribution < 1.29 is 4.58 Å². The maximum atomic E-state index is 2.47. The molecule has 0 fully saturated rings. The monoisotopic (exact) mass is 555 g/mol. The van der Waals surface area contributed by atoms with Crippen LogP contribution in [0, 0.1) is 26.2 Å². The first-order valence-corrected chi connectivity index (χ1v) is 15.7. The van der Waals surface area contributed by atoms with Crippen LogP contribution in [0.4, 0.5) is 0 Å². The molecule has 2 unspecified atom stereocenters. The summed E-state index contributed by atoms with van der Waals surface area (Å²) in [6.45, 7) is 13.7. The summed E-state index contributed by atoms with van der Waals surface area (Å²) in [6, 6.07) is 27.8. The highest BCUT2D eigenvalue weighted by Gasteiger charge is 2.43. The van der Waals surface area contributed by atoms with Gasteiger partial charge in [0.05, 0.1) is 11.0 Å². The number of rotatable bonds is 3. The van der Waals surface area contributed by atoms with E-state index in [1.807, 2.05) is 11.8 Å². The number of thioether (sulfide) groups is 1. The van der Waals surface area contributed by atoms with Gasteiger partial charge >= 0.3 is 0 Å². The number of allylic oxidation sites excluding steroid dienone is 1. The molecule has 2 atom stereocenters. The van der Waals surface area contributed by atoms with E-state index in [4.69, 9.17) is 0 Å². The standard InChI is InChI=1S/C38H39N2S/c1-23-18-24(2)25(3)31(19-23)36-37-30(16-17-39(36)7)29-14-13-27(21-35(29)41-37)40-33-11-9-8-10-28(33)32-20-26(12-15-34(32)40)22-38(4,5)6/h8-21,30,37H,22H2,1-7H3/q+1. The van der Waals surface area contributed by atoms with Gasteiger partial charge in [0.25, 0.3) is 0 Å². The molecule has 3 heteroatoms. The van der Waals surface area contributed by atoms with Crippen LogP contribution >= 0.6 is 11.8 Å². The van der Waals surface area contributed by atoms with Crippen LogP contribution in [0.15, 0.2) is 90.0 Å². The van der Waals surface area contributed by atoms with Crippen molar-refractivity contribution in [3.8, 4) is 5.69 Å². The van der Waals surface area contributed by atoms with E-state index in [-0.39, 0.29) is 5.41 Å². The summed E-state index contributed by atoms with van der Waals surface area (Å²) < 4.78 is 4.82. The molecule has 5 aromatic rings. The lowest BCUT2D eigenvalue weighted by Gasteiger charge is -2.22. The fourth-order valence-corrected chi connectivity index (χ4v) is 8.61. The van der Waals surface area contributed by atoms with Gasteiger partial charge < -0.3 is 4.57 Å². The average Bonchev–Trinajstić information content (AvgIpc) is 3.45. The summed E-state index contributed by atoms with van der Waals surface area (Å²) in [5.41, 5.74) is 13.8. The van der Waals surface area contributed by atoms with Crippen LogP contribution in [0.25, 0.3) is 27.5 Å². The molecule has 4 aromatic carbocycles. The Morgan fingerprint density at radius 2 is 1.63 bits per heavy atom. The van der Waals surface area contributed by atoms with E-state index in [2.05, 4.69) is 143 Å². The van der Waals surface area contributed by atoms with Gasteiger partial charge in [-0.15, -0.1) is 11.8 Å². The summed E-state index contributed by atoms with van der Waals surface area (Å²) >= 11 is 2.03. The Balaban J connectivity index is 1.34. The van der Waals surface area contributed by atoms with Gasteiger partial charge in [0, 0.05) is 32.8 Å². The summed E-state index contributed by atoms with van der Waals surface area (Å²) in [5.74, 6) is 0.383. The van der Waals surface area contributed by atoms with Gasteiger partial charge in [0.2, 0.25) is 5.71 Å². The van der Waals surface area contributed by atoms with Gasteiger partial charge in [-0.2, -0.15) is 0 Å². The SMILES string of the molecule is Cc1cc(C)c(C)c(C2=[N+](C)C=CC3c4ccc(-n5c6ccccc6c6cc(CC(C)(C)C)ccc65)cc4SC23)c1. The van der Waals surface area contributed by atoms with Crippen molar-refractivity contribution >= 4 is 39.3 Å². The van der Waals surface area contributed by atoms with Gasteiger partial charge in [-0.25, -0.2) is 4.58 Å². The first kappa shape index (κ1) is 26.3. The minimum absolute atomic E-state index is 0.258. The number of nitrogens with zero attached hydrogens (tertiary/aromatic N) is 2. The average molecular weight is 556 g/mol. The van der Waals surface area contributed by atoms with E-state index in [9.17, 15) is 0 Å². The molecule has 0 spiro atoms. The van der Waals surface area contributed by atoms with Crippen LogP contribution in [0.3, 0.4) is 0 Å². The third-order valence-electron chi connectivity index (χ3n) is 8.92. The topological polar surface area (TPSA) is 7.94 Å². The lowest BCUT2D eigenvalue weighted by molar-refractivity contribution is -0.424. The second-order valence-corrected chi connectivity index (χ2v) is 14.5. The summed E-state index contributed by atoms with van der Waals surface area (Å²) in [7, 11) is 2.21. The van der Waals surface area contributed by atoms with E-state index >= 15 is 0 Å². The van der Waals surface area contributed by atoms with Gasteiger partial charge in [-0.3, -0.25) is 0 Å². The molecule has 3 heterocycles. The number of aryl methyl sites for hydroxylation is 2. The second kappa shape index (κ2) is 9.49. The Hall–Kier alpha value is -3.56. The zero-order valence-electron chi connectivity index (χ0n) is 25.2. The fourth-order valence-electron chi connectivity index (χ4n) is 7.02. The highest BCUT2D eigenvalue weighted by Crippen LogP contribution is 2.50. The predicted octanol–water partition coefficient (Wildman–Crippen LogP) is 9.51. The van der Waals surface area contributed by atoms with E-state index in [1.165, 1.54) is 71.5 Å². The maximum absolute atomic E-state index is 2.47. The Morgan fingerprint density at radius 1 is 0.854 bits per heavy atom. The van der Waals surface area contributed by atoms with Crippen LogP contribution in [0.5, 0.6) is 0 Å². The molecule has 0 saturated heterocycles. The normalized spacial score (nSPS) is 18.4. The largest absolute Gasteiger partial charge is 0.309 e. The van der Waals surface area contributed by atoms with Crippen molar-refractivity contribution in [1.82, 2.24) is 4.57 Å². The number of fused-ring (bicyclic) bond motifs is 6. The number of benzene rings is 4. The minimum atomic E-state index is 0.258. The van der Waals surface area contributed by atoms with Crippen LogP contribution in [-0.4, -0.2) is 27.2 Å². The lowest BCUT2D eigenvalue weighted by Crippen LogP contribution is -2.32. The number of para-hydroxylation sites is 1. The number of hydrogen-bond donors (Lipinski definition) is 0. The third-order valence-corrected chi connectivity index (χ3v) is 10.3. The smallest absolute Gasteiger partial charge is 0.203 e. The molecular formula is C38H39N2S+. The van der Waals surface area contributed by atoms with Gasteiger partial charge in [-0.1, -0.05) is 62.7 Å². The van der Waals surface area contributed by atoms with Crippen LogP contribution in [0.2, 0.25) is 0 Å². The first-order valence-electron chi connectivity index (χ1n) is 14.8. The maximum Gasteiger partial charge on any atom is 0.203 e. The third kappa shape index (κ3) is 4.37. The van der Waals surface area contributed by atoms with Crippen LogP contribution < -0.4 is 0 Å². The summed E-state index contributed by atoms with van der Waals surface area (Å²) in [6.07, 6.45) is 5.75. The molecule has 2 aliphatic heterocycles. The molecule has 0 bridgehead atoms. The number of hydrogen-bond acceptors (Lipinski definition) is 1. The second-order valence-electron chi connectivity index (χ2n) is 13.3. The van der Waals surface area contributed by atoms with E-state index in [1.54, 1.807) is 0 Å².